The Morgan fingerprint density at radius 3 is 2.81 bits per heavy atom. The lowest BCUT2D eigenvalue weighted by Crippen LogP contribution is -2.56. The maximum absolute atomic E-state index is 12.0. The standard InChI is InChI=1S/C11H22N2O3/c1-8(4-12)10(15)13-5-9(6-14)16-11(2,3)7-13/h8-9,14H,4-7,12H2,1-3H3. The molecule has 0 aliphatic carbocycles. The molecule has 0 spiro atoms. The number of rotatable bonds is 3. The van der Waals surface area contributed by atoms with E-state index >= 15 is 0 Å². The molecule has 2 atom stereocenters. The highest BCUT2D eigenvalue weighted by Gasteiger charge is 2.36. The van der Waals surface area contributed by atoms with E-state index in [1.54, 1.807) is 4.90 Å². The molecule has 3 N–H and O–H groups in total. The molecule has 1 aliphatic heterocycles. The van der Waals surface area contributed by atoms with Gasteiger partial charge in [0.05, 0.1) is 18.3 Å². The fourth-order valence-electron chi connectivity index (χ4n) is 1.97. The summed E-state index contributed by atoms with van der Waals surface area (Å²) < 4.78 is 5.64. The Labute approximate surface area is 96.6 Å². The van der Waals surface area contributed by atoms with Crippen molar-refractivity contribution in [2.45, 2.75) is 32.5 Å². The summed E-state index contributed by atoms with van der Waals surface area (Å²) in [5.74, 6) is -0.134. The van der Waals surface area contributed by atoms with Gasteiger partial charge in [0.2, 0.25) is 5.91 Å². The van der Waals surface area contributed by atoms with Crippen LogP contribution < -0.4 is 5.73 Å². The summed E-state index contributed by atoms with van der Waals surface area (Å²) in [7, 11) is 0. The second-order valence-electron chi connectivity index (χ2n) is 5.04. The maximum Gasteiger partial charge on any atom is 0.226 e. The van der Waals surface area contributed by atoms with E-state index in [9.17, 15) is 4.79 Å². The van der Waals surface area contributed by atoms with E-state index in [2.05, 4.69) is 0 Å². The van der Waals surface area contributed by atoms with Gasteiger partial charge in [-0.2, -0.15) is 0 Å². The molecule has 5 nitrogen and oxygen atoms in total. The molecule has 1 aliphatic rings. The van der Waals surface area contributed by atoms with Crippen LogP contribution in [0.1, 0.15) is 20.8 Å². The molecular weight excluding hydrogens is 208 g/mol. The quantitative estimate of drug-likeness (QED) is 0.690. The monoisotopic (exact) mass is 230 g/mol. The van der Waals surface area contributed by atoms with Crippen molar-refractivity contribution in [2.24, 2.45) is 11.7 Å². The molecule has 0 bridgehead atoms. The SMILES string of the molecule is CC(CN)C(=O)N1CC(CO)OC(C)(C)C1. The number of nitrogens with two attached hydrogens (primary N) is 1. The highest BCUT2D eigenvalue weighted by atomic mass is 16.5. The molecule has 5 heteroatoms. The summed E-state index contributed by atoms with van der Waals surface area (Å²) in [5.41, 5.74) is 5.08. The highest BCUT2D eigenvalue weighted by molar-refractivity contribution is 5.79. The lowest BCUT2D eigenvalue weighted by Gasteiger charge is -2.43. The van der Waals surface area contributed by atoms with Crippen LogP contribution in [-0.4, -0.2) is 53.9 Å². The number of ether oxygens (including phenoxy) is 1. The van der Waals surface area contributed by atoms with Crippen molar-refractivity contribution >= 4 is 5.91 Å². The number of morpholine rings is 1. The van der Waals surface area contributed by atoms with Crippen LogP contribution in [0.15, 0.2) is 0 Å². The van der Waals surface area contributed by atoms with Crippen LogP contribution in [-0.2, 0) is 9.53 Å². The van der Waals surface area contributed by atoms with Crippen molar-refractivity contribution in [3.63, 3.8) is 0 Å². The smallest absolute Gasteiger partial charge is 0.226 e. The lowest BCUT2D eigenvalue weighted by atomic mass is 10.0. The normalized spacial score (nSPS) is 26.6. The molecule has 0 aromatic rings. The van der Waals surface area contributed by atoms with Gasteiger partial charge < -0.3 is 20.5 Å². The minimum absolute atomic E-state index is 0.0392. The van der Waals surface area contributed by atoms with Crippen LogP contribution in [0.3, 0.4) is 0 Å². The number of amides is 1. The molecule has 1 amide bonds. The molecule has 16 heavy (non-hydrogen) atoms. The molecular formula is C11H22N2O3. The first kappa shape index (κ1) is 13.4. The third kappa shape index (κ3) is 3.17. The number of carbonyl (C=O) groups excluding carboxylic acids is 1. The van der Waals surface area contributed by atoms with Crippen LogP contribution in [0.4, 0.5) is 0 Å². The zero-order valence-corrected chi connectivity index (χ0v) is 10.3. The Bertz CT molecular complexity index is 256. The van der Waals surface area contributed by atoms with Gasteiger partial charge in [0.1, 0.15) is 0 Å². The Morgan fingerprint density at radius 1 is 1.69 bits per heavy atom. The van der Waals surface area contributed by atoms with Crippen molar-refractivity contribution in [3.8, 4) is 0 Å². The lowest BCUT2D eigenvalue weighted by molar-refractivity contribution is -0.169. The van der Waals surface area contributed by atoms with Gasteiger partial charge in [-0.05, 0) is 13.8 Å². The average Bonchev–Trinajstić information content (AvgIpc) is 2.24. The zero-order valence-electron chi connectivity index (χ0n) is 10.3. The fourth-order valence-corrected chi connectivity index (χ4v) is 1.97. The molecule has 1 heterocycles. The molecule has 0 aromatic carbocycles. The summed E-state index contributed by atoms with van der Waals surface area (Å²) in [4.78, 5) is 13.7. The summed E-state index contributed by atoms with van der Waals surface area (Å²) in [6, 6.07) is 0. The Hall–Kier alpha value is -0.650. The van der Waals surface area contributed by atoms with Crippen LogP contribution in [0.25, 0.3) is 0 Å². The Kier molecular flexibility index (Phi) is 4.29. The first-order chi connectivity index (χ1) is 7.39. The molecule has 0 aromatic heterocycles. The Morgan fingerprint density at radius 2 is 2.31 bits per heavy atom. The van der Waals surface area contributed by atoms with Crippen LogP contribution >= 0.6 is 0 Å². The summed E-state index contributed by atoms with van der Waals surface area (Å²) in [5, 5.41) is 9.13. The number of aliphatic hydroxyl groups excluding tert-OH is 1. The first-order valence-corrected chi connectivity index (χ1v) is 5.67. The zero-order chi connectivity index (χ0) is 12.3. The number of hydrogen-bond acceptors (Lipinski definition) is 4. The molecule has 94 valence electrons. The third-order valence-electron chi connectivity index (χ3n) is 2.77. The molecule has 0 radical (unpaired) electrons. The average molecular weight is 230 g/mol. The van der Waals surface area contributed by atoms with Crippen molar-refractivity contribution < 1.29 is 14.6 Å². The van der Waals surface area contributed by atoms with Gasteiger partial charge in [0.25, 0.3) is 0 Å². The van der Waals surface area contributed by atoms with E-state index in [0.29, 0.717) is 19.6 Å². The Balaban J connectivity index is 2.69. The molecule has 1 fully saturated rings. The van der Waals surface area contributed by atoms with Gasteiger partial charge in [0.15, 0.2) is 0 Å². The van der Waals surface area contributed by atoms with Gasteiger partial charge in [0, 0.05) is 25.6 Å². The van der Waals surface area contributed by atoms with E-state index in [4.69, 9.17) is 15.6 Å². The fraction of sp³-hybridized carbons (Fsp3) is 0.909. The van der Waals surface area contributed by atoms with Crippen molar-refractivity contribution in [1.82, 2.24) is 4.90 Å². The van der Waals surface area contributed by atoms with Gasteiger partial charge >= 0.3 is 0 Å². The van der Waals surface area contributed by atoms with Gasteiger partial charge in [-0.3, -0.25) is 4.79 Å². The predicted molar refractivity (Wildman–Crippen MR) is 60.8 cm³/mol. The van der Waals surface area contributed by atoms with Crippen LogP contribution in [0.2, 0.25) is 0 Å². The van der Waals surface area contributed by atoms with Crippen LogP contribution in [0.5, 0.6) is 0 Å². The first-order valence-electron chi connectivity index (χ1n) is 5.67. The number of aliphatic hydroxyl groups is 1. The summed E-state index contributed by atoms with van der Waals surface area (Å²) in [6.07, 6.45) is -0.294. The number of hydrogen-bond donors (Lipinski definition) is 2. The minimum Gasteiger partial charge on any atom is -0.394 e. The van der Waals surface area contributed by atoms with Crippen molar-refractivity contribution in [1.29, 1.82) is 0 Å². The molecule has 2 unspecified atom stereocenters. The highest BCUT2D eigenvalue weighted by Crippen LogP contribution is 2.22. The van der Waals surface area contributed by atoms with Crippen molar-refractivity contribution in [3.05, 3.63) is 0 Å². The largest absolute Gasteiger partial charge is 0.394 e. The van der Waals surface area contributed by atoms with E-state index in [1.165, 1.54) is 0 Å². The topological polar surface area (TPSA) is 75.8 Å². The number of nitrogens with zero attached hydrogens (tertiary/aromatic N) is 1. The third-order valence-corrected chi connectivity index (χ3v) is 2.77. The summed E-state index contributed by atoms with van der Waals surface area (Å²) >= 11 is 0. The minimum atomic E-state index is -0.407. The molecule has 0 saturated carbocycles. The van der Waals surface area contributed by atoms with E-state index in [-0.39, 0.29) is 24.5 Å². The van der Waals surface area contributed by atoms with Crippen LogP contribution in [0, 0.1) is 5.92 Å². The van der Waals surface area contributed by atoms with Crippen molar-refractivity contribution in [2.75, 3.05) is 26.2 Å². The predicted octanol–water partition coefficient (Wildman–Crippen LogP) is -0.420. The second-order valence-corrected chi connectivity index (χ2v) is 5.04. The second kappa shape index (κ2) is 5.12. The molecule has 1 rings (SSSR count). The maximum atomic E-state index is 12.0. The van der Waals surface area contributed by atoms with Gasteiger partial charge in [-0.1, -0.05) is 6.92 Å². The van der Waals surface area contributed by atoms with Gasteiger partial charge in [-0.15, -0.1) is 0 Å². The van der Waals surface area contributed by atoms with E-state index < -0.39 is 5.60 Å². The number of carbonyl (C=O) groups is 1. The molecule has 1 saturated heterocycles. The summed E-state index contributed by atoms with van der Waals surface area (Å²) in [6.45, 7) is 6.93. The van der Waals surface area contributed by atoms with E-state index in [0.717, 1.165) is 0 Å². The van der Waals surface area contributed by atoms with E-state index in [1.807, 2.05) is 20.8 Å². The van der Waals surface area contributed by atoms with Gasteiger partial charge in [-0.25, -0.2) is 0 Å².